The molecule has 1 saturated heterocycles. The largest absolute Gasteiger partial charge is 0.327 e. The minimum Gasteiger partial charge on any atom is -0.327 e. The summed E-state index contributed by atoms with van der Waals surface area (Å²) in [6, 6.07) is 7.79. The van der Waals surface area contributed by atoms with Crippen molar-refractivity contribution < 1.29 is 8.42 Å². The van der Waals surface area contributed by atoms with Crippen molar-refractivity contribution in [2.75, 3.05) is 12.8 Å². The summed E-state index contributed by atoms with van der Waals surface area (Å²) in [7, 11) is -3.11. The molecule has 1 aliphatic rings. The van der Waals surface area contributed by atoms with Crippen LogP contribution in [0.5, 0.6) is 0 Å². The molecule has 1 heterocycles. The van der Waals surface area contributed by atoms with Crippen LogP contribution in [0.3, 0.4) is 0 Å². The Balaban J connectivity index is 0.00000220. The van der Waals surface area contributed by atoms with E-state index in [4.69, 9.17) is 5.73 Å². The number of hydrogen-bond donors (Lipinski definition) is 1. The molecule has 2 rings (SSSR count). The van der Waals surface area contributed by atoms with E-state index in [1.807, 2.05) is 12.1 Å². The molecule has 120 valence electrons. The molecule has 0 aromatic heterocycles. The molecule has 1 aromatic carbocycles. The van der Waals surface area contributed by atoms with Crippen LogP contribution in [0.2, 0.25) is 0 Å². The van der Waals surface area contributed by atoms with Gasteiger partial charge >= 0.3 is 0 Å². The standard InChI is InChI=1S/C15H24N2O2S.ClH/c1-12(16)15-5-3-4-10-17(15)11-13-6-8-14(9-7-13)20(2,18)19;/h6-9,12,15H,3-5,10-11,16H2,1-2H3;1H. The number of likely N-dealkylation sites (tertiary alicyclic amines) is 1. The molecule has 0 bridgehead atoms. The number of benzene rings is 1. The van der Waals surface area contributed by atoms with E-state index in [0.29, 0.717) is 10.9 Å². The number of halogens is 1. The Labute approximate surface area is 134 Å². The fraction of sp³-hybridized carbons (Fsp3) is 0.600. The van der Waals surface area contributed by atoms with Crippen molar-refractivity contribution in [1.82, 2.24) is 4.90 Å². The van der Waals surface area contributed by atoms with Gasteiger partial charge < -0.3 is 5.73 Å². The molecule has 1 aliphatic heterocycles. The molecule has 2 atom stereocenters. The molecule has 2 unspecified atom stereocenters. The van der Waals surface area contributed by atoms with E-state index in [9.17, 15) is 8.42 Å². The first kappa shape index (κ1) is 18.4. The topological polar surface area (TPSA) is 63.4 Å². The monoisotopic (exact) mass is 332 g/mol. The number of hydrogen-bond acceptors (Lipinski definition) is 4. The van der Waals surface area contributed by atoms with Gasteiger partial charge in [-0.25, -0.2) is 8.42 Å². The Bertz CT molecular complexity index is 543. The second-order valence-corrected chi connectivity index (χ2v) is 7.82. The third-order valence-electron chi connectivity index (χ3n) is 4.01. The molecular formula is C15H25ClN2O2S. The highest BCUT2D eigenvalue weighted by Crippen LogP contribution is 2.22. The fourth-order valence-corrected chi connectivity index (χ4v) is 3.52. The summed E-state index contributed by atoms with van der Waals surface area (Å²) in [6.45, 7) is 3.98. The summed E-state index contributed by atoms with van der Waals surface area (Å²) in [5.41, 5.74) is 7.21. The molecular weight excluding hydrogens is 308 g/mol. The molecule has 6 heteroatoms. The van der Waals surface area contributed by atoms with Crippen LogP contribution < -0.4 is 5.73 Å². The van der Waals surface area contributed by atoms with Gasteiger partial charge in [-0.2, -0.15) is 0 Å². The average molecular weight is 333 g/mol. The molecule has 0 radical (unpaired) electrons. The zero-order chi connectivity index (χ0) is 14.8. The maximum atomic E-state index is 11.4. The Morgan fingerprint density at radius 2 is 1.90 bits per heavy atom. The van der Waals surface area contributed by atoms with Gasteiger partial charge in [0, 0.05) is 24.9 Å². The summed E-state index contributed by atoms with van der Waals surface area (Å²) in [4.78, 5) is 2.80. The maximum Gasteiger partial charge on any atom is 0.175 e. The van der Waals surface area contributed by atoms with Crippen molar-refractivity contribution in [1.29, 1.82) is 0 Å². The number of sulfone groups is 1. The van der Waals surface area contributed by atoms with Crippen molar-refractivity contribution in [3.8, 4) is 0 Å². The lowest BCUT2D eigenvalue weighted by Crippen LogP contribution is -2.48. The second-order valence-electron chi connectivity index (χ2n) is 5.81. The van der Waals surface area contributed by atoms with Gasteiger partial charge in [0.1, 0.15) is 0 Å². The van der Waals surface area contributed by atoms with Crippen LogP contribution in [-0.4, -0.2) is 38.2 Å². The number of nitrogens with two attached hydrogens (primary N) is 1. The van der Waals surface area contributed by atoms with Gasteiger partial charge in [-0.3, -0.25) is 4.90 Å². The van der Waals surface area contributed by atoms with Gasteiger partial charge in [0.2, 0.25) is 0 Å². The van der Waals surface area contributed by atoms with E-state index in [1.54, 1.807) is 12.1 Å². The highest BCUT2D eigenvalue weighted by molar-refractivity contribution is 7.90. The lowest BCUT2D eigenvalue weighted by Gasteiger charge is -2.38. The Morgan fingerprint density at radius 3 is 2.43 bits per heavy atom. The lowest BCUT2D eigenvalue weighted by atomic mass is 9.96. The fourth-order valence-electron chi connectivity index (χ4n) is 2.89. The molecule has 1 aromatic rings. The van der Waals surface area contributed by atoms with Crippen LogP contribution in [0.4, 0.5) is 0 Å². The highest BCUT2D eigenvalue weighted by Gasteiger charge is 2.25. The Morgan fingerprint density at radius 1 is 1.29 bits per heavy atom. The van der Waals surface area contributed by atoms with Crippen molar-refractivity contribution in [3.05, 3.63) is 29.8 Å². The second kappa shape index (κ2) is 7.58. The molecule has 0 saturated carbocycles. The first-order chi connectivity index (χ1) is 9.38. The van der Waals surface area contributed by atoms with Crippen LogP contribution in [0, 0.1) is 0 Å². The van der Waals surface area contributed by atoms with Crippen molar-refractivity contribution in [3.63, 3.8) is 0 Å². The molecule has 2 N–H and O–H groups in total. The van der Waals surface area contributed by atoms with Crippen LogP contribution in [-0.2, 0) is 16.4 Å². The van der Waals surface area contributed by atoms with Gasteiger partial charge in [0.25, 0.3) is 0 Å². The van der Waals surface area contributed by atoms with Gasteiger partial charge in [0.15, 0.2) is 9.84 Å². The smallest absolute Gasteiger partial charge is 0.175 e. The van der Waals surface area contributed by atoms with E-state index in [-0.39, 0.29) is 18.4 Å². The Hall–Kier alpha value is -0.620. The summed E-state index contributed by atoms with van der Waals surface area (Å²) >= 11 is 0. The SMILES string of the molecule is CC(N)C1CCCCN1Cc1ccc(S(C)(=O)=O)cc1.Cl. The minimum atomic E-state index is -3.11. The summed E-state index contributed by atoms with van der Waals surface area (Å²) in [6.07, 6.45) is 4.85. The molecule has 4 nitrogen and oxygen atoms in total. The first-order valence-corrected chi connectivity index (χ1v) is 9.05. The summed E-state index contributed by atoms with van der Waals surface area (Å²) < 4.78 is 22.9. The predicted octanol–water partition coefficient (Wildman–Crippen LogP) is 2.21. The van der Waals surface area contributed by atoms with Crippen LogP contribution in [0.15, 0.2) is 29.2 Å². The molecule has 0 spiro atoms. The summed E-state index contributed by atoms with van der Waals surface area (Å²) in [5.74, 6) is 0. The Kier molecular flexibility index (Phi) is 6.66. The molecule has 21 heavy (non-hydrogen) atoms. The van der Waals surface area contributed by atoms with Gasteiger partial charge in [-0.1, -0.05) is 18.6 Å². The summed E-state index contributed by atoms with van der Waals surface area (Å²) in [5, 5.41) is 0. The number of nitrogens with zero attached hydrogens (tertiary/aromatic N) is 1. The van der Waals surface area contributed by atoms with E-state index < -0.39 is 9.84 Å². The van der Waals surface area contributed by atoms with E-state index in [0.717, 1.165) is 25.1 Å². The van der Waals surface area contributed by atoms with Crippen molar-refractivity contribution >= 4 is 22.2 Å². The zero-order valence-electron chi connectivity index (χ0n) is 12.7. The normalized spacial score (nSPS) is 21.6. The van der Waals surface area contributed by atoms with Crippen LogP contribution in [0.1, 0.15) is 31.7 Å². The van der Waals surface area contributed by atoms with Crippen LogP contribution in [0.25, 0.3) is 0 Å². The number of piperidine rings is 1. The zero-order valence-corrected chi connectivity index (χ0v) is 14.3. The highest BCUT2D eigenvalue weighted by atomic mass is 35.5. The maximum absolute atomic E-state index is 11.4. The van der Waals surface area contributed by atoms with E-state index in [2.05, 4.69) is 11.8 Å². The lowest BCUT2D eigenvalue weighted by molar-refractivity contribution is 0.123. The predicted molar refractivity (Wildman–Crippen MR) is 88.5 cm³/mol. The van der Waals surface area contributed by atoms with Crippen LogP contribution >= 0.6 is 12.4 Å². The number of rotatable bonds is 4. The third-order valence-corrected chi connectivity index (χ3v) is 5.14. The molecule has 0 amide bonds. The molecule has 1 fully saturated rings. The van der Waals surface area contributed by atoms with Gasteiger partial charge in [-0.05, 0) is 44.0 Å². The third kappa shape index (κ3) is 4.95. The van der Waals surface area contributed by atoms with E-state index in [1.165, 1.54) is 19.1 Å². The minimum absolute atomic E-state index is 0. The average Bonchev–Trinajstić information content (AvgIpc) is 2.38. The van der Waals surface area contributed by atoms with Crippen molar-refractivity contribution in [2.24, 2.45) is 5.73 Å². The quantitative estimate of drug-likeness (QED) is 0.918. The van der Waals surface area contributed by atoms with Gasteiger partial charge in [-0.15, -0.1) is 12.4 Å². The van der Waals surface area contributed by atoms with Gasteiger partial charge in [0.05, 0.1) is 4.90 Å². The first-order valence-electron chi connectivity index (χ1n) is 7.16. The van der Waals surface area contributed by atoms with Crippen molar-refractivity contribution in [2.45, 2.75) is 49.7 Å². The van der Waals surface area contributed by atoms with E-state index >= 15 is 0 Å². The molecule has 0 aliphatic carbocycles.